The molecule has 0 radical (unpaired) electrons. The summed E-state index contributed by atoms with van der Waals surface area (Å²) in [6, 6.07) is 17.0. The number of hydrogen-bond acceptors (Lipinski definition) is 3. The van der Waals surface area contributed by atoms with Gasteiger partial charge in [0, 0.05) is 15.9 Å². The van der Waals surface area contributed by atoms with Gasteiger partial charge in [0.05, 0.1) is 17.1 Å². The van der Waals surface area contributed by atoms with Gasteiger partial charge in [-0.3, -0.25) is 0 Å². The molecule has 0 bridgehead atoms. The molecule has 102 valence electrons. The van der Waals surface area contributed by atoms with Crippen LogP contribution in [0.15, 0.2) is 53.0 Å². The fraction of sp³-hybridized carbons (Fsp3) is 0.0588. The molecule has 0 spiro atoms. The third-order valence-electron chi connectivity index (χ3n) is 3.16. The summed E-state index contributed by atoms with van der Waals surface area (Å²) >= 11 is 3.45. The number of ether oxygens (including phenoxy) is 1. The van der Waals surface area contributed by atoms with Gasteiger partial charge in [0.25, 0.3) is 0 Å². The molecule has 0 fully saturated rings. The number of nitrogens with zero attached hydrogens (tertiary/aromatic N) is 2. The molecule has 1 heterocycles. The maximum Gasteiger partial charge on any atom is 0.220 e. The molecular weight excluding hydrogens is 328 g/mol. The van der Waals surface area contributed by atoms with E-state index in [2.05, 4.69) is 27.0 Å². The Morgan fingerprint density at radius 3 is 2.57 bits per heavy atom. The second-order valence-electron chi connectivity index (χ2n) is 4.68. The van der Waals surface area contributed by atoms with E-state index < -0.39 is 0 Å². The summed E-state index contributed by atoms with van der Waals surface area (Å²) < 4.78 is 6.75. The second-order valence-corrected chi connectivity index (χ2v) is 5.59. The summed E-state index contributed by atoms with van der Waals surface area (Å²) in [5.41, 5.74) is 2.60. The molecule has 0 aliphatic carbocycles. The Bertz CT molecular complexity index is 851. The monoisotopic (exact) mass is 338 g/mol. The van der Waals surface area contributed by atoms with Gasteiger partial charge in [-0.15, -0.1) is 0 Å². The van der Waals surface area contributed by atoms with Crippen LogP contribution in [0.4, 0.5) is 0 Å². The van der Waals surface area contributed by atoms with Crippen LogP contribution in [-0.4, -0.2) is 4.98 Å². The van der Waals surface area contributed by atoms with Crippen LogP contribution in [0.2, 0.25) is 0 Å². The van der Waals surface area contributed by atoms with Crippen LogP contribution in [0.3, 0.4) is 0 Å². The third kappa shape index (κ3) is 2.88. The Morgan fingerprint density at radius 1 is 1.10 bits per heavy atom. The molecule has 0 saturated carbocycles. The quantitative estimate of drug-likeness (QED) is 0.662. The van der Waals surface area contributed by atoms with Crippen molar-refractivity contribution in [2.24, 2.45) is 0 Å². The Kier molecular flexibility index (Phi) is 3.59. The van der Waals surface area contributed by atoms with E-state index in [1.807, 2.05) is 31.2 Å². The normalized spacial score (nSPS) is 10.3. The van der Waals surface area contributed by atoms with Crippen molar-refractivity contribution in [1.29, 1.82) is 5.26 Å². The first-order valence-corrected chi connectivity index (χ1v) is 7.20. The van der Waals surface area contributed by atoms with E-state index in [1.54, 1.807) is 24.3 Å². The van der Waals surface area contributed by atoms with Gasteiger partial charge in [-0.25, -0.2) is 4.98 Å². The Balaban J connectivity index is 1.98. The van der Waals surface area contributed by atoms with Crippen molar-refractivity contribution in [3.63, 3.8) is 0 Å². The molecule has 0 aliphatic heterocycles. The van der Waals surface area contributed by atoms with Crippen LogP contribution in [0, 0.1) is 18.3 Å². The molecule has 21 heavy (non-hydrogen) atoms. The van der Waals surface area contributed by atoms with Gasteiger partial charge in [0.2, 0.25) is 5.88 Å². The van der Waals surface area contributed by atoms with E-state index in [9.17, 15) is 0 Å². The lowest BCUT2D eigenvalue weighted by atomic mass is 10.1. The zero-order chi connectivity index (χ0) is 14.8. The summed E-state index contributed by atoms with van der Waals surface area (Å²) in [6.07, 6.45) is 0. The minimum Gasteiger partial charge on any atom is -0.439 e. The number of benzene rings is 2. The predicted octanol–water partition coefficient (Wildman–Crippen LogP) is 4.97. The maximum absolute atomic E-state index is 8.79. The van der Waals surface area contributed by atoms with Crippen molar-refractivity contribution in [3.8, 4) is 17.7 Å². The zero-order valence-electron chi connectivity index (χ0n) is 11.3. The number of pyridine rings is 1. The largest absolute Gasteiger partial charge is 0.439 e. The molecule has 0 unspecified atom stereocenters. The van der Waals surface area contributed by atoms with Gasteiger partial charge in [0.15, 0.2) is 0 Å². The Morgan fingerprint density at radius 2 is 1.86 bits per heavy atom. The van der Waals surface area contributed by atoms with Crippen LogP contribution in [0.25, 0.3) is 10.9 Å². The van der Waals surface area contributed by atoms with Gasteiger partial charge >= 0.3 is 0 Å². The van der Waals surface area contributed by atoms with E-state index in [1.165, 1.54) is 0 Å². The highest BCUT2D eigenvalue weighted by molar-refractivity contribution is 9.10. The molecule has 0 N–H and O–H groups in total. The van der Waals surface area contributed by atoms with Crippen molar-refractivity contribution < 1.29 is 4.74 Å². The fourth-order valence-corrected chi connectivity index (χ4v) is 2.46. The average molecular weight is 339 g/mol. The van der Waals surface area contributed by atoms with Gasteiger partial charge < -0.3 is 4.74 Å². The molecule has 4 heteroatoms. The van der Waals surface area contributed by atoms with Crippen LogP contribution >= 0.6 is 15.9 Å². The molecule has 0 saturated heterocycles. The first kappa shape index (κ1) is 13.6. The summed E-state index contributed by atoms with van der Waals surface area (Å²) in [4.78, 5) is 4.52. The van der Waals surface area contributed by atoms with E-state index >= 15 is 0 Å². The summed E-state index contributed by atoms with van der Waals surface area (Å²) in [6.45, 7) is 2.03. The first-order valence-electron chi connectivity index (χ1n) is 6.40. The number of aryl methyl sites for hydroxylation is 1. The van der Waals surface area contributed by atoms with Crippen LogP contribution in [-0.2, 0) is 0 Å². The molecule has 3 nitrogen and oxygen atoms in total. The van der Waals surface area contributed by atoms with Crippen molar-refractivity contribution in [1.82, 2.24) is 4.98 Å². The van der Waals surface area contributed by atoms with E-state index in [4.69, 9.17) is 10.00 Å². The molecule has 0 aliphatic rings. The van der Waals surface area contributed by atoms with E-state index in [0.29, 0.717) is 17.2 Å². The van der Waals surface area contributed by atoms with Crippen molar-refractivity contribution >= 4 is 26.8 Å². The predicted molar refractivity (Wildman–Crippen MR) is 85.4 cm³/mol. The van der Waals surface area contributed by atoms with Crippen LogP contribution in [0.5, 0.6) is 11.6 Å². The van der Waals surface area contributed by atoms with Gasteiger partial charge in [-0.2, -0.15) is 5.26 Å². The third-order valence-corrected chi connectivity index (χ3v) is 3.65. The van der Waals surface area contributed by atoms with Gasteiger partial charge in [-0.1, -0.05) is 22.0 Å². The molecule has 0 amide bonds. The molecule has 3 aromatic rings. The zero-order valence-corrected chi connectivity index (χ0v) is 12.9. The smallest absolute Gasteiger partial charge is 0.220 e. The SMILES string of the molecule is Cc1cc(Oc2ccc(C#N)cc2)nc2cc(Br)ccc12. The number of fused-ring (bicyclic) bond motifs is 1. The lowest BCUT2D eigenvalue weighted by molar-refractivity contribution is 0.464. The standard InChI is InChI=1S/C17H11BrN2O/c1-11-8-17(20-16-9-13(18)4-7-15(11)16)21-14-5-2-12(10-19)3-6-14/h2-9H,1H3. The number of nitriles is 1. The van der Waals surface area contributed by atoms with Crippen molar-refractivity contribution in [2.75, 3.05) is 0 Å². The summed E-state index contributed by atoms with van der Waals surface area (Å²) in [5, 5.41) is 9.89. The number of hydrogen-bond donors (Lipinski definition) is 0. The van der Waals surface area contributed by atoms with Crippen LogP contribution in [0.1, 0.15) is 11.1 Å². The average Bonchev–Trinajstić information content (AvgIpc) is 2.47. The van der Waals surface area contributed by atoms with Gasteiger partial charge in [-0.05, 0) is 48.9 Å². The van der Waals surface area contributed by atoms with Crippen molar-refractivity contribution in [3.05, 3.63) is 64.1 Å². The highest BCUT2D eigenvalue weighted by atomic mass is 79.9. The second kappa shape index (κ2) is 5.55. The minimum absolute atomic E-state index is 0.544. The Hall–Kier alpha value is -2.38. The molecular formula is C17H11BrN2O. The number of aromatic nitrogens is 1. The van der Waals surface area contributed by atoms with Crippen LogP contribution < -0.4 is 4.74 Å². The minimum atomic E-state index is 0.544. The summed E-state index contributed by atoms with van der Waals surface area (Å²) in [7, 11) is 0. The summed E-state index contributed by atoms with van der Waals surface area (Å²) in [5.74, 6) is 1.21. The molecule has 2 aromatic carbocycles. The molecule has 0 atom stereocenters. The number of rotatable bonds is 2. The highest BCUT2D eigenvalue weighted by Gasteiger charge is 2.05. The van der Waals surface area contributed by atoms with E-state index in [0.717, 1.165) is 20.9 Å². The maximum atomic E-state index is 8.79. The molecule has 3 rings (SSSR count). The molecule has 1 aromatic heterocycles. The Labute approximate surface area is 130 Å². The highest BCUT2D eigenvalue weighted by Crippen LogP contribution is 2.27. The lowest BCUT2D eigenvalue weighted by Gasteiger charge is -2.08. The number of halogens is 1. The fourth-order valence-electron chi connectivity index (χ4n) is 2.12. The van der Waals surface area contributed by atoms with Crippen molar-refractivity contribution in [2.45, 2.75) is 6.92 Å². The lowest BCUT2D eigenvalue weighted by Crippen LogP contribution is -1.91. The topological polar surface area (TPSA) is 45.9 Å². The first-order chi connectivity index (χ1) is 10.2. The van der Waals surface area contributed by atoms with Gasteiger partial charge in [0.1, 0.15) is 5.75 Å². The van der Waals surface area contributed by atoms with E-state index in [-0.39, 0.29) is 0 Å².